The van der Waals surface area contributed by atoms with Crippen LogP contribution in [-0.4, -0.2) is 43.8 Å². The summed E-state index contributed by atoms with van der Waals surface area (Å²) in [6.45, 7) is 2.12. The third-order valence-corrected chi connectivity index (χ3v) is 4.70. The molecule has 1 aliphatic rings. The summed E-state index contributed by atoms with van der Waals surface area (Å²) in [7, 11) is 0. The van der Waals surface area contributed by atoms with Crippen LogP contribution in [-0.2, 0) is 11.3 Å². The van der Waals surface area contributed by atoms with Gasteiger partial charge >= 0.3 is 6.18 Å². The van der Waals surface area contributed by atoms with E-state index in [1.54, 1.807) is 12.1 Å². The third kappa shape index (κ3) is 9.84. The summed E-state index contributed by atoms with van der Waals surface area (Å²) >= 11 is 0. The molecule has 0 saturated heterocycles. The van der Waals surface area contributed by atoms with Crippen molar-refractivity contribution in [2.45, 2.75) is 64.2 Å². The van der Waals surface area contributed by atoms with Crippen LogP contribution < -0.4 is 20.7 Å². The van der Waals surface area contributed by atoms with Crippen molar-refractivity contribution < 1.29 is 22.7 Å². The maximum Gasteiger partial charge on any atom is 0.422 e. The van der Waals surface area contributed by atoms with Gasteiger partial charge < -0.3 is 20.7 Å². The first-order chi connectivity index (χ1) is 14.4. The zero-order valence-electron chi connectivity index (χ0n) is 17.4. The number of halogens is 3. The third-order valence-electron chi connectivity index (χ3n) is 4.70. The minimum absolute atomic E-state index is 0.0414. The normalized spacial score (nSPS) is 15.5. The zero-order chi connectivity index (χ0) is 21.8. The highest BCUT2D eigenvalue weighted by molar-refractivity contribution is 5.81. The number of nitrogens with one attached hydrogen (secondary N) is 3. The second-order valence-corrected chi connectivity index (χ2v) is 7.32. The van der Waals surface area contributed by atoms with E-state index in [9.17, 15) is 18.0 Å². The van der Waals surface area contributed by atoms with E-state index in [0.29, 0.717) is 38.1 Å². The average molecular weight is 428 g/mol. The number of carbonyl (C=O) groups excluding carboxylic acids is 1. The SMILES string of the molecule is CCNC(=NCc1ccc(OCC(F)(F)F)cc1)NCCC(=O)NC1CCCCC1. The number of ether oxygens (including phenoxy) is 1. The lowest BCUT2D eigenvalue weighted by Crippen LogP contribution is -2.41. The lowest BCUT2D eigenvalue weighted by atomic mass is 9.95. The molecule has 0 aliphatic heterocycles. The fourth-order valence-corrected chi connectivity index (χ4v) is 3.21. The van der Waals surface area contributed by atoms with Crippen LogP contribution in [0.5, 0.6) is 5.75 Å². The Morgan fingerprint density at radius 3 is 2.47 bits per heavy atom. The van der Waals surface area contributed by atoms with Crippen LogP contribution in [0.4, 0.5) is 13.2 Å². The Bertz CT molecular complexity index is 672. The van der Waals surface area contributed by atoms with Gasteiger partial charge in [-0.2, -0.15) is 13.2 Å². The average Bonchev–Trinajstić information content (AvgIpc) is 2.71. The Labute approximate surface area is 175 Å². The Morgan fingerprint density at radius 2 is 1.83 bits per heavy atom. The molecule has 3 N–H and O–H groups in total. The quantitative estimate of drug-likeness (QED) is 0.416. The topological polar surface area (TPSA) is 74.8 Å². The smallest absolute Gasteiger partial charge is 0.422 e. The van der Waals surface area contributed by atoms with Gasteiger partial charge in [-0.25, -0.2) is 4.99 Å². The summed E-state index contributed by atoms with van der Waals surface area (Å²) in [5.41, 5.74) is 0.835. The Hall–Kier alpha value is -2.45. The molecule has 0 atom stereocenters. The molecule has 6 nitrogen and oxygen atoms in total. The van der Waals surface area contributed by atoms with Gasteiger partial charge in [-0.05, 0) is 37.5 Å². The number of aliphatic imine (C=N–C) groups is 1. The van der Waals surface area contributed by atoms with Gasteiger partial charge in [-0.15, -0.1) is 0 Å². The van der Waals surface area contributed by atoms with E-state index in [4.69, 9.17) is 4.74 Å². The van der Waals surface area contributed by atoms with Crippen molar-refractivity contribution in [2.75, 3.05) is 19.7 Å². The summed E-state index contributed by atoms with van der Waals surface area (Å²) in [6, 6.07) is 6.64. The van der Waals surface area contributed by atoms with Gasteiger partial charge in [-0.1, -0.05) is 31.4 Å². The molecule has 0 heterocycles. The monoisotopic (exact) mass is 428 g/mol. The standard InChI is InChI=1S/C21H31F3N4O2/c1-2-25-20(26-13-12-19(29)28-17-6-4-3-5-7-17)27-14-16-8-10-18(11-9-16)30-15-21(22,23)24/h8-11,17H,2-7,12-15H2,1H3,(H,28,29)(H2,25,26,27). The van der Waals surface area contributed by atoms with E-state index in [0.717, 1.165) is 18.4 Å². The predicted octanol–water partition coefficient (Wildman–Crippen LogP) is 3.52. The molecular formula is C21H31F3N4O2. The largest absolute Gasteiger partial charge is 0.484 e. The van der Waals surface area contributed by atoms with Crippen LogP contribution in [0.2, 0.25) is 0 Å². The molecule has 1 saturated carbocycles. The van der Waals surface area contributed by atoms with Crippen molar-refractivity contribution in [1.82, 2.24) is 16.0 Å². The lowest BCUT2D eigenvalue weighted by molar-refractivity contribution is -0.153. The Kier molecular flexibility index (Phi) is 9.76. The molecule has 9 heteroatoms. The molecule has 168 valence electrons. The summed E-state index contributed by atoms with van der Waals surface area (Å²) in [6.07, 6.45) is 1.73. The fourth-order valence-electron chi connectivity index (χ4n) is 3.21. The van der Waals surface area contributed by atoms with Gasteiger partial charge in [0.15, 0.2) is 12.6 Å². The van der Waals surface area contributed by atoms with E-state index >= 15 is 0 Å². The first-order valence-electron chi connectivity index (χ1n) is 10.5. The van der Waals surface area contributed by atoms with Crippen molar-refractivity contribution in [3.63, 3.8) is 0 Å². The van der Waals surface area contributed by atoms with E-state index < -0.39 is 12.8 Å². The van der Waals surface area contributed by atoms with Gasteiger partial charge in [0, 0.05) is 25.6 Å². The Morgan fingerprint density at radius 1 is 1.13 bits per heavy atom. The van der Waals surface area contributed by atoms with Gasteiger partial charge in [-0.3, -0.25) is 4.79 Å². The molecule has 0 aromatic heterocycles. The summed E-state index contributed by atoms with van der Waals surface area (Å²) in [5, 5.41) is 9.34. The van der Waals surface area contributed by atoms with Crippen molar-refractivity contribution in [2.24, 2.45) is 4.99 Å². The first-order valence-corrected chi connectivity index (χ1v) is 10.5. The molecular weight excluding hydrogens is 397 g/mol. The first kappa shape index (κ1) is 23.8. The van der Waals surface area contributed by atoms with Crippen molar-refractivity contribution >= 4 is 11.9 Å². The van der Waals surface area contributed by atoms with Crippen LogP contribution in [0, 0.1) is 0 Å². The zero-order valence-corrected chi connectivity index (χ0v) is 17.4. The van der Waals surface area contributed by atoms with Crippen LogP contribution in [0.1, 0.15) is 51.0 Å². The molecule has 0 unspecified atom stereocenters. The minimum Gasteiger partial charge on any atom is -0.484 e. The highest BCUT2D eigenvalue weighted by atomic mass is 19.4. The predicted molar refractivity (Wildman–Crippen MR) is 110 cm³/mol. The van der Waals surface area contributed by atoms with E-state index in [2.05, 4.69) is 20.9 Å². The highest BCUT2D eigenvalue weighted by Gasteiger charge is 2.28. The van der Waals surface area contributed by atoms with Crippen molar-refractivity contribution in [3.8, 4) is 5.75 Å². The second kappa shape index (κ2) is 12.3. The molecule has 0 radical (unpaired) electrons. The van der Waals surface area contributed by atoms with E-state index in [1.807, 2.05) is 6.92 Å². The summed E-state index contributed by atoms with van der Waals surface area (Å²) < 4.78 is 41.3. The van der Waals surface area contributed by atoms with Gasteiger partial charge in [0.25, 0.3) is 0 Å². The molecule has 0 spiro atoms. The van der Waals surface area contributed by atoms with E-state index in [1.165, 1.54) is 31.4 Å². The van der Waals surface area contributed by atoms with Crippen LogP contribution >= 0.6 is 0 Å². The number of guanidine groups is 1. The molecule has 1 aromatic carbocycles. The Balaban J connectivity index is 1.75. The van der Waals surface area contributed by atoms with Crippen molar-refractivity contribution in [3.05, 3.63) is 29.8 Å². The summed E-state index contributed by atoms with van der Waals surface area (Å²) in [5.74, 6) is 0.786. The number of amides is 1. The van der Waals surface area contributed by atoms with Crippen LogP contribution in [0.3, 0.4) is 0 Å². The van der Waals surface area contributed by atoms with Crippen molar-refractivity contribution in [1.29, 1.82) is 0 Å². The highest BCUT2D eigenvalue weighted by Crippen LogP contribution is 2.19. The van der Waals surface area contributed by atoms with Gasteiger partial charge in [0.1, 0.15) is 5.75 Å². The maximum absolute atomic E-state index is 12.2. The van der Waals surface area contributed by atoms with Crippen LogP contribution in [0.25, 0.3) is 0 Å². The molecule has 1 fully saturated rings. The lowest BCUT2D eigenvalue weighted by Gasteiger charge is -2.22. The number of hydrogen-bond donors (Lipinski definition) is 3. The van der Waals surface area contributed by atoms with Gasteiger partial charge in [0.05, 0.1) is 6.54 Å². The number of nitrogens with zero attached hydrogens (tertiary/aromatic N) is 1. The minimum atomic E-state index is -4.36. The number of rotatable bonds is 9. The number of benzene rings is 1. The molecule has 30 heavy (non-hydrogen) atoms. The van der Waals surface area contributed by atoms with Crippen LogP contribution in [0.15, 0.2) is 29.3 Å². The second-order valence-electron chi connectivity index (χ2n) is 7.32. The molecule has 0 bridgehead atoms. The number of carbonyl (C=O) groups is 1. The summed E-state index contributed by atoms with van der Waals surface area (Å²) in [4.78, 5) is 16.5. The molecule has 2 rings (SSSR count). The molecule has 1 amide bonds. The maximum atomic E-state index is 12.2. The number of hydrogen-bond acceptors (Lipinski definition) is 3. The number of alkyl halides is 3. The fraction of sp³-hybridized carbons (Fsp3) is 0.619. The molecule has 1 aromatic rings. The molecule has 1 aliphatic carbocycles. The van der Waals surface area contributed by atoms with E-state index in [-0.39, 0.29) is 11.7 Å². The van der Waals surface area contributed by atoms with Gasteiger partial charge in [0.2, 0.25) is 5.91 Å².